The maximum absolute atomic E-state index is 12.2. The van der Waals surface area contributed by atoms with E-state index in [1.165, 1.54) is 11.8 Å². The minimum Gasteiger partial charge on any atom is -0.490 e. The van der Waals surface area contributed by atoms with Crippen LogP contribution in [0.2, 0.25) is 0 Å². The van der Waals surface area contributed by atoms with Crippen LogP contribution in [0.1, 0.15) is 37.9 Å². The van der Waals surface area contributed by atoms with E-state index in [0.29, 0.717) is 40.8 Å². The molecule has 1 aromatic carbocycles. The fourth-order valence-corrected chi connectivity index (χ4v) is 5.29. The van der Waals surface area contributed by atoms with Crippen molar-refractivity contribution in [1.29, 1.82) is 0 Å². The standard InChI is InChI=1S/C27H35N7O2S/c1-17(2)33-11-13-34(14-12-33)26-24(36-4)25(28-23-15-18(3)31-32-23)29-27(30-26)37-21-9-5-19(6-10-21)16-22(35)20-7-8-20/h5-6,9-10,15,17,20H,7-8,11-14,16H2,1-4H3,(H2,28,29,30,31,32). The number of carbonyl (C=O) groups is 1. The first-order valence-electron chi connectivity index (χ1n) is 12.9. The third kappa shape index (κ3) is 6.24. The van der Waals surface area contributed by atoms with Gasteiger partial charge in [-0.15, -0.1) is 0 Å². The zero-order chi connectivity index (χ0) is 25.9. The largest absolute Gasteiger partial charge is 0.490 e. The number of nitrogens with zero attached hydrogens (tertiary/aromatic N) is 5. The molecular formula is C27H35N7O2S. The van der Waals surface area contributed by atoms with Gasteiger partial charge in [0.2, 0.25) is 5.75 Å². The van der Waals surface area contributed by atoms with Crippen LogP contribution < -0.4 is 15.0 Å². The molecule has 2 N–H and O–H groups in total. The van der Waals surface area contributed by atoms with Crippen molar-refractivity contribution < 1.29 is 9.53 Å². The molecule has 0 radical (unpaired) electrons. The lowest BCUT2D eigenvalue weighted by Crippen LogP contribution is -2.49. The highest BCUT2D eigenvalue weighted by molar-refractivity contribution is 7.99. The van der Waals surface area contributed by atoms with Crippen LogP contribution in [0, 0.1) is 12.8 Å². The molecule has 0 unspecified atom stereocenters. The Bertz CT molecular complexity index is 1230. The van der Waals surface area contributed by atoms with Gasteiger partial charge in [0.1, 0.15) is 5.78 Å². The molecule has 3 aromatic rings. The SMILES string of the molecule is COc1c(Nc2cc(C)[nH]n2)nc(Sc2ccc(CC(=O)C3CC3)cc2)nc1N1CCN(C(C)C)CC1. The molecule has 196 valence electrons. The molecule has 2 aromatic heterocycles. The number of Topliss-reactive ketones (excluding diaryl/α,β-unsaturated/α-hetero) is 1. The highest BCUT2D eigenvalue weighted by Gasteiger charge is 2.29. The van der Waals surface area contributed by atoms with E-state index in [2.05, 4.69) is 39.2 Å². The summed E-state index contributed by atoms with van der Waals surface area (Å²) in [5, 5.41) is 11.2. The molecule has 1 aliphatic carbocycles. The first-order chi connectivity index (χ1) is 17.9. The number of nitrogens with one attached hydrogen (secondary N) is 2. The number of hydrogen-bond acceptors (Lipinski definition) is 9. The summed E-state index contributed by atoms with van der Waals surface area (Å²) in [5.41, 5.74) is 2.01. The average Bonchev–Trinajstić information content (AvgIpc) is 3.67. The summed E-state index contributed by atoms with van der Waals surface area (Å²) < 4.78 is 5.84. The van der Waals surface area contributed by atoms with Crippen molar-refractivity contribution in [2.45, 2.75) is 56.1 Å². The van der Waals surface area contributed by atoms with Crippen molar-refractivity contribution in [2.24, 2.45) is 5.92 Å². The van der Waals surface area contributed by atoms with Crippen LogP contribution >= 0.6 is 11.8 Å². The number of H-pyrrole nitrogens is 1. The van der Waals surface area contributed by atoms with E-state index in [1.54, 1.807) is 7.11 Å². The summed E-state index contributed by atoms with van der Waals surface area (Å²) in [6.07, 6.45) is 2.60. The smallest absolute Gasteiger partial charge is 0.204 e. The maximum atomic E-state index is 12.2. The Morgan fingerprint density at radius 3 is 2.49 bits per heavy atom. The van der Waals surface area contributed by atoms with Gasteiger partial charge in [0.05, 0.1) is 7.11 Å². The number of ether oxygens (including phenoxy) is 1. The van der Waals surface area contributed by atoms with Crippen molar-refractivity contribution in [3.63, 3.8) is 0 Å². The maximum Gasteiger partial charge on any atom is 0.204 e. The van der Waals surface area contributed by atoms with Gasteiger partial charge in [0.15, 0.2) is 22.6 Å². The van der Waals surface area contributed by atoms with Crippen LogP contribution in [0.25, 0.3) is 0 Å². The number of aryl methyl sites for hydroxylation is 1. The number of aromatic amines is 1. The van der Waals surface area contributed by atoms with Crippen molar-refractivity contribution >= 4 is 35.0 Å². The number of aromatic nitrogens is 4. The van der Waals surface area contributed by atoms with Crippen molar-refractivity contribution in [3.8, 4) is 5.75 Å². The first-order valence-corrected chi connectivity index (χ1v) is 13.7. The molecule has 10 heteroatoms. The zero-order valence-electron chi connectivity index (χ0n) is 22.0. The number of ketones is 1. The summed E-state index contributed by atoms with van der Waals surface area (Å²) in [6.45, 7) is 10.1. The second-order valence-corrected chi connectivity index (χ2v) is 11.1. The van der Waals surface area contributed by atoms with Crippen LogP contribution in [-0.2, 0) is 11.2 Å². The molecule has 2 fully saturated rings. The van der Waals surface area contributed by atoms with Crippen LogP contribution in [-0.4, -0.2) is 70.2 Å². The predicted octanol–water partition coefficient (Wildman–Crippen LogP) is 4.46. The van der Waals surface area contributed by atoms with Gasteiger partial charge in [-0.25, -0.2) is 9.97 Å². The van der Waals surface area contributed by atoms with Gasteiger partial charge >= 0.3 is 0 Å². The summed E-state index contributed by atoms with van der Waals surface area (Å²) in [6, 6.07) is 10.6. The zero-order valence-corrected chi connectivity index (χ0v) is 22.8. The Labute approximate surface area is 222 Å². The molecule has 0 atom stereocenters. The van der Waals surface area contributed by atoms with Crippen molar-refractivity contribution in [2.75, 3.05) is 43.5 Å². The monoisotopic (exact) mass is 521 g/mol. The number of hydrogen-bond donors (Lipinski definition) is 2. The van der Waals surface area contributed by atoms with E-state index in [1.807, 2.05) is 37.3 Å². The van der Waals surface area contributed by atoms with E-state index < -0.39 is 0 Å². The number of piperazine rings is 1. The third-order valence-electron chi connectivity index (χ3n) is 6.87. The molecule has 0 bridgehead atoms. The average molecular weight is 522 g/mol. The summed E-state index contributed by atoms with van der Waals surface area (Å²) in [4.78, 5) is 27.7. The lowest BCUT2D eigenvalue weighted by Gasteiger charge is -2.38. The van der Waals surface area contributed by atoms with E-state index >= 15 is 0 Å². The number of methoxy groups -OCH3 is 1. The van der Waals surface area contributed by atoms with E-state index in [0.717, 1.165) is 61.0 Å². The summed E-state index contributed by atoms with van der Waals surface area (Å²) in [7, 11) is 1.65. The molecule has 37 heavy (non-hydrogen) atoms. The summed E-state index contributed by atoms with van der Waals surface area (Å²) >= 11 is 1.50. The Balaban J connectivity index is 1.41. The molecule has 2 aliphatic rings. The summed E-state index contributed by atoms with van der Waals surface area (Å²) in [5.74, 6) is 3.28. The van der Waals surface area contributed by atoms with E-state index in [-0.39, 0.29) is 5.92 Å². The predicted molar refractivity (Wildman–Crippen MR) is 146 cm³/mol. The molecule has 1 saturated carbocycles. The molecule has 3 heterocycles. The molecule has 5 rings (SSSR count). The second kappa shape index (κ2) is 11.1. The Hall–Kier alpha value is -3.11. The number of carbonyl (C=O) groups excluding carboxylic acids is 1. The Morgan fingerprint density at radius 1 is 1.16 bits per heavy atom. The highest BCUT2D eigenvalue weighted by Crippen LogP contribution is 2.38. The van der Waals surface area contributed by atoms with Gasteiger partial charge in [-0.1, -0.05) is 12.1 Å². The van der Waals surface area contributed by atoms with Crippen LogP contribution in [0.5, 0.6) is 5.75 Å². The fraction of sp³-hybridized carbons (Fsp3) is 0.481. The number of rotatable bonds is 10. The second-order valence-electron chi connectivity index (χ2n) is 10.1. The number of benzene rings is 1. The van der Waals surface area contributed by atoms with Gasteiger partial charge in [-0.2, -0.15) is 5.10 Å². The van der Waals surface area contributed by atoms with Crippen LogP contribution in [0.4, 0.5) is 17.5 Å². The highest BCUT2D eigenvalue weighted by atomic mass is 32.2. The lowest BCUT2D eigenvalue weighted by atomic mass is 10.1. The normalized spacial score (nSPS) is 16.3. The molecule has 1 aliphatic heterocycles. The number of anilines is 3. The molecule has 0 amide bonds. The minimum atomic E-state index is 0.284. The first kappa shape index (κ1) is 25.5. The van der Waals surface area contributed by atoms with Crippen molar-refractivity contribution in [3.05, 3.63) is 41.6 Å². The van der Waals surface area contributed by atoms with Gasteiger partial charge < -0.3 is 15.0 Å². The molecule has 0 spiro atoms. The third-order valence-corrected chi connectivity index (χ3v) is 7.74. The van der Waals surface area contributed by atoms with Gasteiger partial charge in [-0.3, -0.25) is 14.8 Å². The quantitative estimate of drug-likeness (QED) is 0.375. The minimum absolute atomic E-state index is 0.284. The van der Waals surface area contributed by atoms with E-state index in [9.17, 15) is 4.79 Å². The van der Waals surface area contributed by atoms with E-state index in [4.69, 9.17) is 14.7 Å². The fourth-order valence-electron chi connectivity index (χ4n) is 4.54. The molecule has 1 saturated heterocycles. The van der Waals surface area contributed by atoms with Crippen molar-refractivity contribution in [1.82, 2.24) is 25.1 Å². The van der Waals surface area contributed by atoms with Crippen LogP contribution in [0.3, 0.4) is 0 Å². The van der Waals surface area contributed by atoms with Gasteiger partial charge in [0.25, 0.3) is 0 Å². The van der Waals surface area contributed by atoms with Crippen LogP contribution in [0.15, 0.2) is 40.4 Å². The molecular weight excluding hydrogens is 486 g/mol. The van der Waals surface area contributed by atoms with Gasteiger partial charge in [0, 0.05) is 61.2 Å². The lowest BCUT2D eigenvalue weighted by molar-refractivity contribution is -0.119. The Kier molecular flexibility index (Phi) is 7.66. The molecule has 9 nitrogen and oxygen atoms in total. The van der Waals surface area contributed by atoms with Gasteiger partial charge in [-0.05, 0) is 63.1 Å². The Morgan fingerprint density at radius 2 is 1.89 bits per heavy atom. The topological polar surface area (TPSA) is 99.3 Å².